The van der Waals surface area contributed by atoms with Gasteiger partial charge in [-0.3, -0.25) is 0 Å². The fourth-order valence-corrected chi connectivity index (χ4v) is 2.45. The largest absolute Gasteiger partial charge is 0.379 e. The Morgan fingerprint density at radius 1 is 1.53 bits per heavy atom. The van der Waals surface area contributed by atoms with Crippen molar-refractivity contribution in [2.24, 2.45) is 0 Å². The molecule has 1 heterocycles. The van der Waals surface area contributed by atoms with E-state index in [4.69, 9.17) is 16.3 Å². The molecule has 15 heavy (non-hydrogen) atoms. The summed E-state index contributed by atoms with van der Waals surface area (Å²) in [5.41, 5.74) is 0.730. The lowest BCUT2D eigenvalue weighted by Gasteiger charge is -2.15. The third kappa shape index (κ3) is 2.62. The van der Waals surface area contributed by atoms with Gasteiger partial charge in [0.15, 0.2) is 0 Å². The summed E-state index contributed by atoms with van der Waals surface area (Å²) in [4.78, 5) is 0. The molecule has 1 aliphatic heterocycles. The molecule has 0 aromatic heterocycles. The van der Waals surface area contributed by atoms with Crippen LogP contribution in [0, 0.1) is 5.82 Å². The van der Waals surface area contributed by atoms with E-state index in [0.29, 0.717) is 16.1 Å². The van der Waals surface area contributed by atoms with Crippen LogP contribution in [0.4, 0.5) is 10.1 Å². The normalized spacial score (nSPS) is 20.6. The third-order valence-electron chi connectivity index (χ3n) is 2.29. The predicted molar refractivity (Wildman–Crippen MR) is 62.0 cm³/mol. The lowest BCUT2D eigenvalue weighted by molar-refractivity contribution is 0.195. The minimum absolute atomic E-state index is 0.254. The van der Waals surface area contributed by atoms with E-state index in [0.717, 1.165) is 18.7 Å². The van der Waals surface area contributed by atoms with Crippen molar-refractivity contribution in [3.8, 4) is 0 Å². The number of nitrogens with one attached hydrogen (secondary N) is 1. The van der Waals surface area contributed by atoms with Gasteiger partial charge in [-0.2, -0.15) is 0 Å². The monoisotopic (exact) mass is 293 g/mol. The van der Waals surface area contributed by atoms with Gasteiger partial charge < -0.3 is 10.1 Å². The van der Waals surface area contributed by atoms with Gasteiger partial charge in [-0.05, 0) is 34.5 Å². The summed E-state index contributed by atoms with van der Waals surface area (Å²) in [6, 6.07) is 2.94. The molecule has 1 aromatic rings. The Labute approximate surface area is 101 Å². The van der Waals surface area contributed by atoms with Crippen LogP contribution in [0.5, 0.6) is 0 Å². The van der Waals surface area contributed by atoms with E-state index in [1.165, 1.54) is 12.1 Å². The van der Waals surface area contributed by atoms with Crippen LogP contribution in [0.3, 0.4) is 0 Å². The van der Waals surface area contributed by atoms with Crippen LogP contribution in [-0.4, -0.2) is 19.3 Å². The van der Waals surface area contributed by atoms with Gasteiger partial charge in [0.25, 0.3) is 0 Å². The van der Waals surface area contributed by atoms with Crippen LogP contribution in [0.1, 0.15) is 6.42 Å². The highest BCUT2D eigenvalue weighted by Crippen LogP contribution is 2.32. The molecule has 82 valence electrons. The average molecular weight is 295 g/mol. The number of anilines is 1. The molecule has 2 nitrogen and oxygen atoms in total. The molecule has 0 bridgehead atoms. The van der Waals surface area contributed by atoms with Crippen molar-refractivity contribution >= 4 is 33.2 Å². The third-order valence-corrected chi connectivity index (χ3v) is 3.21. The smallest absolute Gasteiger partial charge is 0.125 e. The van der Waals surface area contributed by atoms with E-state index in [1.54, 1.807) is 0 Å². The molecule has 0 amide bonds. The zero-order valence-corrected chi connectivity index (χ0v) is 10.2. The SMILES string of the molecule is Fc1cc(Cl)c(NC2CCOC2)c(Br)c1. The van der Waals surface area contributed by atoms with E-state index >= 15 is 0 Å². The second-order valence-corrected chi connectivity index (χ2v) is 4.71. The zero-order chi connectivity index (χ0) is 10.8. The molecule has 0 spiro atoms. The quantitative estimate of drug-likeness (QED) is 0.902. The van der Waals surface area contributed by atoms with Crippen LogP contribution >= 0.6 is 27.5 Å². The summed E-state index contributed by atoms with van der Waals surface area (Å²) in [5, 5.41) is 3.62. The standard InChI is InChI=1S/C10H10BrClFNO/c11-8-3-6(13)4-9(12)10(8)14-7-1-2-15-5-7/h3-4,7,14H,1-2,5H2. The van der Waals surface area contributed by atoms with Crippen molar-refractivity contribution in [3.05, 3.63) is 27.4 Å². The van der Waals surface area contributed by atoms with Gasteiger partial charge in [-0.15, -0.1) is 0 Å². The Balaban J connectivity index is 2.19. The summed E-state index contributed by atoms with van der Waals surface area (Å²) in [5.74, 6) is -0.347. The van der Waals surface area contributed by atoms with Crippen LogP contribution in [-0.2, 0) is 4.74 Å². The molecular weight excluding hydrogens is 284 g/mol. The van der Waals surface area contributed by atoms with Gasteiger partial charge in [0.05, 0.1) is 23.4 Å². The molecule has 1 saturated heterocycles. The minimum atomic E-state index is -0.347. The van der Waals surface area contributed by atoms with Gasteiger partial charge in [-0.25, -0.2) is 4.39 Å². The first kappa shape index (κ1) is 11.2. The van der Waals surface area contributed by atoms with Crippen molar-refractivity contribution in [2.75, 3.05) is 18.5 Å². The lowest BCUT2D eigenvalue weighted by atomic mass is 10.2. The maximum Gasteiger partial charge on any atom is 0.125 e. The molecule has 1 unspecified atom stereocenters. The van der Waals surface area contributed by atoms with Gasteiger partial charge in [0, 0.05) is 11.1 Å². The number of rotatable bonds is 2. The highest BCUT2D eigenvalue weighted by molar-refractivity contribution is 9.10. The molecule has 1 N–H and O–H groups in total. The number of benzene rings is 1. The molecule has 1 fully saturated rings. The average Bonchev–Trinajstić information content (AvgIpc) is 2.63. The summed E-state index contributed by atoms with van der Waals surface area (Å²) >= 11 is 9.22. The predicted octanol–water partition coefficient (Wildman–Crippen LogP) is 3.44. The maximum absolute atomic E-state index is 13.0. The summed E-state index contributed by atoms with van der Waals surface area (Å²) in [6.07, 6.45) is 0.945. The second-order valence-electron chi connectivity index (χ2n) is 3.45. The Morgan fingerprint density at radius 2 is 2.33 bits per heavy atom. The maximum atomic E-state index is 13.0. The summed E-state index contributed by atoms with van der Waals surface area (Å²) in [6.45, 7) is 1.42. The summed E-state index contributed by atoms with van der Waals surface area (Å²) < 4.78 is 18.8. The lowest BCUT2D eigenvalue weighted by Crippen LogP contribution is -2.19. The van der Waals surface area contributed by atoms with Crippen LogP contribution in [0.2, 0.25) is 5.02 Å². The van der Waals surface area contributed by atoms with Crippen molar-refractivity contribution in [3.63, 3.8) is 0 Å². The van der Waals surface area contributed by atoms with Crippen LogP contribution in [0.15, 0.2) is 16.6 Å². The van der Waals surface area contributed by atoms with E-state index < -0.39 is 0 Å². The van der Waals surface area contributed by atoms with E-state index in [9.17, 15) is 4.39 Å². The fraction of sp³-hybridized carbons (Fsp3) is 0.400. The van der Waals surface area contributed by atoms with Crippen molar-refractivity contribution in [1.29, 1.82) is 0 Å². The molecule has 5 heteroatoms. The van der Waals surface area contributed by atoms with Crippen molar-refractivity contribution in [1.82, 2.24) is 0 Å². The number of halogens is 3. The number of hydrogen-bond acceptors (Lipinski definition) is 2. The van der Waals surface area contributed by atoms with Gasteiger partial charge in [0.2, 0.25) is 0 Å². The Kier molecular flexibility index (Phi) is 3.49. The minimum Gasteiger partial charge on any atom is -0.379 e. The molecule has 1 aromatic carbocycles. The molecule has 0 saturated carbocycles. The number of hydrogen-bond donors (Lipinski definition) is 1. The summed E-state index contributed by atoms with van der Waals surface area (Å²) in [7, 11) is 0. The second kappa shape index (κ2) is 4.68. The number of ether oxygens (including phenoxy) is 1. The zero-order valence-electron chi connectivity index (χ0n) is 7.90. The topological polar surface area (TPSA) is 21.3 Å². The van der Waals surface area contributed by atoms with Gasteiger partial charge in [-0.1, -0.05) is 11.6 Å². The van der Waals surface area contributed by atoms with Crippen molar-refractivity contribution in [2.45, 2.75) is 12.5 Å². The first-order valence-electron chi connectivity index (χ1n) is 4.65. The molecule has 0 radical (unpaired) electrons. The molecule has 1 aliphatic rings. The molecule has 1 atom stereocenters. The highest BCUT2D eigenvalue weighted by Gasteiger charge is 2.18. The van der Waals surface area contributed by atoms with Crippen LogP contribution in [0.25, 0.3) is 0 Å². The van der Waals surface area contributed by atoms with E-state index in [-0.39, 0.29) is 11.9 Å². The molecule has 0 aliphatic carbocycles. The molecular formula is C10H10BrClFNO. The Morgan fingerprint density at radius 3 is 2.93 bits per heavy atom. The first-order chi connectivity index (χ1) is 7.16. The van der Waals surface area contributed by atoms with Crippen LogP contribution < -0.4 is 5.32 Å². The molecule has 2 rings (SSSR count). The van der Waals surface area contributed by atoms with Gasteiger partial charge >= 0.3 is 0 Å². The van der Waals surface area contributed by atoms with E-state index in [2.05, 4.69) is 21.2 Å². The first-order valence-corrected chi connectivity index (χ1v) is 5.83. The van der Waals surface area contributed by atoms with E-state index in [1.807, 2.05) is 0 Å². The van der Waals surface area contributed by atoms with Gasteiger partial charge in [0.1, 0.15) is 5.82 Å². The Hall–Kier alpha value is -0.320. The Bertz CT molecular complexity index is 345. The fourth-order valence-electron chi connectivity index (χ4n) is 1.53. The highest BCUT2D eigenvalue weighted by atomic mass is 79.9. The van der Waals surface area contributed by atoms with Crippen molar-refractivity contribution < 1.29 is 9.13 Å².